The van der Waals surface area contributed by atoms with E-state index in [2.05, 4.69) is 5.10 Å². The number of thiophene rings is 1. The van der Waals surface area contributed by atoms with Crippen molar-refractivity contribution in [2.24, 2.45) is 5.10 Å². The first kappa shape index (κ1) is 24.0. The van der Waals surface area contributed by atoms with Crippen LogP contribution in [-0.4, -0.2) is 61.0 Å². The molecule has 0 N–H and O–H groups in total. The monoisotopic (exact) mass is 509 g/mol. The standard InChI is InChI=1S/C26H24FN3O5S/c1-33-11-10-29(26(32)24-7-4-12-36-24)15-25(31)30-21(17-8-9-22-23(13-17)35-16-34-22)14-20(28-30)18-5-2-3-6-19(18)27/h2-9,12-13,21H,10-11,14-16H2,1H3. The highest BCUT2D eigenvalue weighted by atomic mass is 32.1. The lowest BCUT2D eigenvalue weighted by atomic mass is 9.97. The molecule has 36 heavy (non-hydrogen) atoms. The third-order valence-electron chi connectivity index (χ3n) is 6.04. The molecule has 0 saturated carbocycles. The number of halogens is 1. The Balaban J connectivity index is 1.45. The zero-order valence-electron chi connectivity index (χ0n) is 19.6. The topological polar surface area (TPSA) is 80.7 Å². The van der Waals surface area contributed by atoms with Crippen LogP contribution in [-0.2, 0) is 9.53 Å². The van der Waals surface area contributed by atoms with Gasteiger partial charge in [-0.25, -0.2) is 9.40 Å². The largest absolute Gasteiger partial charge is 0.454 e. The van der Waals surface area contributed by atoms with Crippen LogP contribution < -0.4 is 9.47 Å². The maximum atomic E-state index is 14.6. The number of ether oxygens (including phenoxy) is 3. The normalized spacial score (nSPS) is 16.2. The molecule has 0 fully saturated rings. The van der Waals surface area contributed by atoms with Gasteiger partial charge in [-0.3, -0.25) is 9.59 Å². The summed E-state index contributed by atoms with van der Waals surface area (Å²) in [5.41, 5.74) is 1.57. The molecule has 0 aliphatic carbocycles. The lowest BCUT2D eigenvalue weighted by molar-refractivity contribution is -0.133. The van der Waals surface area contributed by atoms with Crippen molar-refractivity contribution in [3.8, 4) is 11.5 Å². The maximum absolute atomic E-state index is 14.6. The first-order valence-corrected chi connectivity index (χ1v) is 12.3. The van der Waals surface area contributed by atoms with Crippen LogP contribution >= 0.6 is 11.3 Å². The Bertz CT molecular complexity index is 1300. The Morgan fingerprint density at radius 3 is 2.78 bits per heavy atom. The molecule has 1 aromatic heterocycles. The van der Waals surface area contributed by atoms with Gasteiger partial charge in [0.1, 0.15) is 12.4 Å². The van der Waals surface area contributed by atoms with E-state index in [1.807, 2.05) is 17.5 Å². The average molecular weight is 510 g/mol. The van der Waals surface area contributed by atoms with Crippen LogP contribution in [0, 0.1) is 5.82 Å². The number of benzene rings is 2. The molecule has 3 aromatic rings. The van der Waals surface area contributed by atoms with Crippen LogP contribution in [0.25, 0.3) is 0 Å². The van der Waals surface area contributed by atoms with E-state index in [0.29, 0.717) is 34.1 Å². The Morgan fingerprint density at radius 1 is 1.17 bits per heavy atom. The lowest BCUT2D eigenvalue weighted by Crippen LogP contribution is -2.42. The summed E-state index contributed by atoms with van der Waals surface area (Å²) in [6.07, 6.45) is 0.309. The molecule has 2 aliphatic heterocycles. The van der Waals surface area contributed by atoms with Crippen molar-refractivity contribution in [2.45, 2.75) is 12.5 Å². The van der Waals surface area contributed by atoms with E-state index in [0.717, 1.165) is 5.56 Å². The van der Waals surface area contributed by atoms with Gasteiger partial charge in [-0.15, -0.1) is 11.3 Å². The highest BCUT2D eigenvalue weighted by molar-refractivity contribution is 7.12. The summed E-state index contributed by atoms with van der Waals surface area (Å²) in [7, 11) is 1.54. The number of methoxy groups -OCH3 is 1. The molecular weight excluding hydrogens is 485 g/mol. The molecule has 8 nitrogen and oxygen atoms in total. The van der Waals surface area contributed by atoms with E-state index in [1.165, 1.54) is 34.4 Å². The average Bonchev–Trinajstić information content (AvgIpc) is 3.66. The fourth-order valence-electron chi connectivity index (χ4n) is 4.22. The summed E-state index contributed by atoms with van der Waals surface area (Å²) < 4.78 is 30.7. The minimum absolute atomic E-state index is 0.127. The number of carbonyl (C=O) groups excluding carboxylic acids is 2. The number of rotatable bonds is 8. The minimum Gasteiger partial charge on any atom is -0.454 e. The molecule has 1 atom stereocenters. The number of hydrazone groups is 1. The lowest BCUT2D eigenvalue weighted by Gasteiger charge is -2.26. The maximum Gasteiger partial charge on any atom is 0.264 e. The third kappa shape index (κ3) is 4.82. The molecule has 1 unspecified atom stereocenters. The van der Waals surface area contributed by atoms with Crippen molar-refractivity contribution < 1.29 is 28.2 Å². The Morgan fingerprint density at radius 2 is 2.00 bits per heavy atom. The predicted molar refractivity (Wildman–Crippen MR) is 132 cm³/mol. The van der Waals surface area contributed by atoms with Crippen molar-refractivity contribution in [3.63, 3.8) is 0 Å². The van der Waals surface area contributed by atoms with Crippen LogP contribution in [0.5, 0.6) is 11.5 Å². The fraction of sp³-hybridized carbons (Fsp3) is 0.269. The summed E-state index contributed by atoms with van der Waals surface area (Å²) in [5.74, 6) is 0.146. The van der Waals surface area contributed by atoms with E-state index >= 15 is 0 Å². The van der Waals surface area contributed by atoms with Gasteiger partial charge in [-0.2, -0.15) is 5.10 Å². The molecule has 2 aliphatic rings. The number of hydrogen-bond donors (Lipinski definition) is 0. The van der Waals surface area contributed by atoms with Gasteiger partial charge < -0.3 is 19.1 Å². The van der Waals surface area contributed by atoms with Gasteiger partial charge >= 0.3 is 0 Å². The number of hydrogen-bond acceptors (Lipinski definition) is 7. The molecule has 10 heteroatoms. The predicted octanol–water partition coefficient (Wildman–Crippen LogP) is 4.08. The molecule has 0 spiro atoms. The smallest absolute Gasteiger partial charge is 0.264 e. The molecule has 186 valence electrons. The molecule has 2 amide bonds. The molecule has 5 rings (SSSR count). The summed E-state index contributed by atoms with van der Waals surface area (Å²) in [6, 6.07) is 14.8. The van der Waals surface area contributed by atoms with Gasteiger partial charge in [0.05, 0.1) is 23.2 Å². The van der Waals surface area contributed by atoms with Crippen molar-refractivity contribution in [1.29, 1.82) is 0 Å². The highest BCUT2D eigenvalue weighted by Gasteiger charge is 2.36. The first-order valence-electron chi connectivity index (χ1n) is 11.4. The molecule has 0 radical (unpaired) electrons. The molecule has 3 heterocycles. The van der Waals surface area contributed by atoms with E-state index in [1.54, 1.807) is 36.4 Å². The van der Waals surface area contributed by atoms with Gasteiger partial charge in [0.2, 0.25) is 6.79 Å². The van der Waals surface area contributed by atoms with Crippen LogP contribution in [0.1, 0.15) is 33.3 Å². The summed E-state index contributed by atoms with van der Waals surface area (Å²) in [5, 5.41) is 7.71. The van der Waals surface area contributed by atoms with Crippen molar-refractivity contribution in [1.82, 2.24) is 9.91 Å². The second kappa shape index (κ2) is 10.5. The van der Waals surface area contributed by atoms with Gasteiger partial charge in [0.25, 0.3) is 11.8 Å². The van der Waals surface area contributed by atoms with E-state index in [4.69, 9.17) is 14.2 Å². The molecule has 2 aromatic carbocycles. The van der Waals surface area contributed by atoms with Crippen LogP contribution in [0.3, 0.4) is 0 Å². The number of fused-ring (bicyclic) bond motifs is 1. The number of nitrogens with zero attached hydrogens (tertiary/aromatic N) is 3. The summed E-state index contributed by atoms with van der Waals surface area (Å²) >= 11 is 1.31. The van der Waals surface area contributed by atoms with E-state index < -0.39 is 11.9 Å². The Kier molecular flexibility index (Phi) is 6.97. The second-order valence-electron chi connectivity index (χ2n) is 8.29. The molecular formula is C26H24FN3O5S. The van der Waals surface area contributed by atoms with Gasteiger partial charge in [0.15, 0.2) is 11.5 Å². The summed E-state index contributed by atoms with van der Waals surface area (Å²) in [6.45, 7) is 0.447. The third-order valence-corrected chi connectivity index (χ3v) is 6.90. The molecule has 0 bridgehead atoms. The minimum atomic E-state index is -0.497. The fourth-order valence-corrected chi connectivity index (χ4v) is 4.91. The van der Waals surface area contributed by atoms with Crippen molar-refractivity contribution in [3.05, 3.63) is 81.8 Å². The van der Waals surface area contributed by atoms with Gasteiger partial charge in [-0.05, 0) is 35.2 Å². The van der Waals surface area contributed by atoms with Crippen molar-refractivity contribution >= 4 is 28.9 Å². The van der Waals surface area contributed by atoms with Crippen LogP contribution in [0.15, 0.2) is 65.1 Å². The zero-order chi connectivity index (χ0) is 25.1. The number of amides is 2. The van der Waals surface area contributed by atoms with Crippen molar-refractivity contribution in [2.75, 3.05) is 33.6 Å². The van der Waals surface area contributed by atoms with Gasteiger partial charge in [0, 0.05) is 25.6 Å². The van der Waals surface area contributed by atoms with E-state index in [9.17, 15) is 14.0 Å². The second-order valence-corrected chi connectivity index (χ2v) is 9.24. The first-order chi connectivity index (χ1) is 17.5. The summed E-state index contributed by atoms with van der Waals surface area (Å²) in [4.78, 5) is 28.7. The quantitative estimate of drug-likeness (QED) is 0.457. The highest BCUT2D eigenvalue weighted by Crippen LogP contribution is 2.39. The SMILES string of the molecule is COCCN(CC(=O)N1N=C(c2ccccc2F)CC1c1ccc2c(c1)OCO2)C(=O)c1cccs1. The van der Waals surface area contributed by atoms with E-state index in [-0.39, 0.29) is 38.3 Å². The Hall–Kier alpha value is -3.76. The van der Waals surface area contributed by atoms with Crippen LogP contribution in [0.4, 0.5) is 4.39 Å². The zero-order valence-corrected chi connectivity index (χ0v) is 20.4. The Labute approximate surface area is 211 Å². The molecule has 0 saturated heterocycles. The van der Waals surface area contributed by atoms with Gasteiger partial charge in [-0.1, -0.05) is 30.3 Å². The van der Waals surface area contributed by atoms with Crippen LogP contribution in [0.2, 0.25) is 0 Å². The number of carbonyl (C=O) groups is 2.